The van der Waals surface area contributed by atoms with Crippen molar-refractivity contribution in [3.63, 3.8) is 0 Å². The Morgan fingerprint density at radius 3 is 2.56 bits per heavy atom. The number of nitrogens with zero attached hydrogens (tertiary/aromatic N) is 1. The van der Waals surface area contributed by atoms with Crippen molar-refractivity contribution in [1.82, 2.24) is 0 Å². The zero-order valence-electron chi connectivity index (χ0n) is 10.2. The van der Waals surface area contributed by atoms with Gasteiger partial charge in [-0.2, -0.15) is 0 Å². The van der Waals surface area contributed by atoms with E-state index in [1.807, 2.05) is 0 Å². The molecule has 0 radical (unpaired) electrons. The number of hydrogen-bond donors (Lipinski definition) is 1. The number of hydrogen-bond acceptors (Lipinski definition) is 3. The second kappa shape index (κ2) is 5.02. The SMILES string of the molecule is NCC1(Cc2cc(F)cc([N+](=O)[O-])c2)CCCC1. The fraction of sp³-hybridized carbons (Fsp3) is 0.538. The molecule has 18 heavy (non-hydrogen) atoms. The Hall–Kier alpha value is -1.49. The van der Waals surface area contributed by atoms with Crippen LogP contribution in [-0.2, 0) is 6.42 Å². The van der Waals surface area contributed by atoms with Crippen molar-refractivity contribution in [3.05, 3.63) is 39.7 Å². The smallest absolute Gasteiger partial charge is 0.272 e. The molecule has 0 heterocycles. The molecule has 1 aliphatic carbocycles. The summed E-state index contributed by atoms with van der Waals surface area (Å²) in [5.41, 5.74) is 6.32. The summed E-state index contributed by atoms with van der Waals surface area (Å²) in [6, 6.07) is 3.79. The predicted molar refractivity (Wildman–Crippen MR) is 66.7 cm³/mol. The van der Waals surface area contributed by atoms with Gasteiger partial charge < -0.3 is 5.73 Å². The fourth-order valence-corrected chi connectivity index (χ4v) is 2.85. The lowest BCUT2D eigenvalue weighted by Crippen LogP contribution is -2.29. The lowest BCUT2D eigenvalue weighted by molar-refractivity contribution is -0.385. The summed E-state index contributed by atoms with van der Waals surface area (Å²) in [7, 11) is 0. The molecule has 0 saturated heterocycles. The van der Waals surface area contributed by atoms with E-state index in [0.29, 0.717) is 18.5 Å². The molecule has 0 aromatic heterocycles. The Labute approximate surface area is 105 Å². The molecule has 2 N–H and O–H groups in total. The Kier molecular flexibility index (Phi) is 3.61. The molecule has 0 spiro atoms. The lowest BCUT2D eigenvalue weighted by Gasteiger charge is -2.27. The first-order valence-electron chi connectivity index (χ1n) is 6.19. The third-order valence-electron chi connectivity index (χ3n) is 3.83. The van der Waals surface area contributed by atoms with Crippen molar-refractivity contribution in [2.45, 2.75) is 32.1 Å². The van der Waals surface area contributed by atoms with E-state index in [1.165, 1.54) is 12.1 Å². The third-order valence-corrected chi connectivity index (χ3v) is 3.83. The van der Waals surface area contributed by atoms with E-state index in [2.05, 4.69) is 0 Å². The second-order valence-electron chi connectivity index (χ2n) is 5.16. The maximum Gasteiger partial charge on any atom is 0.272 e. The average Bonchev–Trinajstić information content (AvgIpc) is 2.77. The van der Waals surface area contributed by atoms with Crippen LogP contribution in [0.4, 0.5) is 10.1 Å². The first-order chi connectivity index (χ1) is 8.54. The largest absolute Gasteiger partial charge is 0.330 e. The Morgan fingerprint density at radius 1 is 1.33 bits per heavy atom. The van der Waals surface area contributed by atoms with Crippen LogP contribution in [0.2, 0.25) is 0 Å². The molecule has 1 aliphatic rings. The molecule has 0 aliphatic heterocycles. The van der Waals surface area contributed by atoms with Gasteiger partial charge in [0.25, 0.3) is 5.69 Å². The van der Waals surface area contributed by atoms with Crippen LogP contribution in [0.1, 0.15) is 31.2 Å². The van der Waals surface area contributed by atoms with Gasteiger partial charge in [0.2, 0.25) is 0 Å². The maximum atomic E-state index is 13.4. The predicted octanol–water partition coefficient (Wildman–Crippen LogP) is 2.80. The number of nitro groups is 1. The number of benzene rings is 1. The Morgan fingerprint density at radius 2 is 2.00 bits per heavy atom. The summed E-state index contributed by atoms with van der Waals surface area (Å²) in [5, 5.41) is 10.7. The van der Waals surface area contributed by atoms with E-state index >= 15 is 0 Å². The quantitative estimate of drug-likeness (QED) is 0.661. The van der Waals surface area contributed by atoms with Crippen LogP contribution in [0.3, 0.4) is 0 Å². The van der Waals surface area contributed by atoms with Gasteiger partial charge in [0.1, 0.15) is 5.82 Å². The molecular weight excluding hydrogens is 235 g/mol. The number of rotatable bonds is 4. The summed E-state index contributed by atoms with van der Waals surface area (Å²) in [5.74, 6) is -0.552. The average molecular weight is 252 g/mol. The van der Waals surface area contributed by atoms with Gasteiger partial charge in [0.15, 0.2) is 0 Å². The highest BCUT2D eigenvalue weighted by molar-refractivity contribution is 5.35. The van der Waals surface area contributed by atoms with Crippen molar-refractivity contribution in [2.24, 2.45) is 11.1 Å². The number of nitro benzene ring substituents is 1. The monoisotopic (exact) mass is 252 g/mol. The number of non-ortho nitro benzene ring substituents is 1. The molecule has 2 rings (SSSR count). The first kappa shape index (κ1) is 13.0. The minimum Gasteiger partial charge on any atom is -0.330 e. The van der Waals surface area contributed by atoms with E-state index < -0.39 is 10.7 Å². The summed E-state index contributed by atoms with van der Waals surface area (Å²) in [4.78, 5) is 10.1. The summed E-state index contributed by atoms with van der Waals surface area (Å²) in [6.07, 6.45) is 4.94. The highest BCUT2D eigenvalue weighted by atomic mass is 19.1. The van der Waals surface area contributed by atoms with E-state index in [9.17, 15) is 14.5 Å². The van der Waals surface area contributed by atoms with Crippen molar-refractivity contribution in [3.8, 4) is 0 Å². The van der Waals surface area contributed by atoms with Crippen LogP contribution in [-0.4, -0.2) is 11.5 Å². The highest BCUT2D eigenvalue weighted by Gasteiger charge is 2.32. The van der Waals surface area contributed by atoms with Gasteiger partial charge in [0.05, 0.1) is 11.0 Å². The molecule has 1 fully saturated rings. The summed E-state index contributed by atoms with van der Waals surface area (Å²) >= 11 is 0. The van der Waals surface area contributed by atoms with Crippen molar-refractivity contribution in [1.29, 1.82) is 0 Å². The van der Waals surface area contributed by atoms with E-state index in [1.54, 1.807) is 0 Å². The number of nitrogens with two attached hydrogens (primary N) is 1. The van der Waals surface area contributed by atoms with Crippen LogP contribution in [0.25, 0.3) is 0 Å². The molecule has 98 valence electrons. The normalized spacial score (nSPS) is 17.9. The molecule has 1 saturated carbocycles. The van der Waals surface area contributed by atoms with Crippen LogP contribution in [0.5, 0.6) is 0 Å². The maximum absolute atomic E-state index is 13.4. The second-order valence-corrected chi connectivity index (χ2v) is 5.16. The van der Waals surface area contributed by atoms with Gasteiger partial charge in [-0.05, 0) is 42.9 Å². The number of halogens is 1. The van der Waals surface area contributed by atoms with Gasteiger partial charge in [-0.1, -0.05) is 12.8 Å². The van der Waals surface area contributed by atoms with Crippen LogP contribution >= 0.6 is 0 Å². The first-order valence-corrected chi connectivity index (χ1v) is 6.19. The molecule has 0 unspecified atom stereocenters. The molecule has 1 aromatic carbocycles. The van der Waals surface area contributed by atoms with Gasteiger partial charge in [-0.3, -0.25) is 10.1 Å². The van der Waals surface area contributed by atoms with Crippen molar-refractivity contribution < 1.29 is 9.31 Å². The van der Waals surface area contributed by atoms with Gasteiger partial charge in [0, 0.05) is 6.07 Å². The van der Waals surface area contributed by atoms with Gasteiger partial charge in [-0.15, -0.1) is 0 Å². The molecule has 1 aromatic rings. The molecule has 0 amide bonds. The lowest BCUT2D eigenvalue weighted by atomic mass is 9.80. The van der Waals surface area contributed by atoms with Crippen LogP contribution < -0.4 is 5.73 Å². The zero-order valence-corrected chi connectivity index (χ0v) is 10.2. The fourth-order valence-electron chi connectivity index (χ4n) is 2.85. The topological polar surface area (TPSA) is 69.2 Å². The van der Waals surface area contributed by atoms with Gasteiger partial charge in [-0.25, -0.2) is 4.39 Å². The van der Waals surface area contributed by atoms with E-state index in [0.717, 1.165) is 31.7 Å². The van der Waals surface area contributed by atoms with Crippen molar-refractivity contribution in [2.75, 3.05) is 6.54 Å². The summed E-state index contributed by atoms with van der Waals surface area (Å²) < 4.78 is 13.4. The standard InChI is InChI=1S/C13H17FN2O2/c14-11-5-10(6-12(7-11)16(17)18)8-13(9-15)3-1-2-4-13/h5-7H,1-4,8-9,15H2. The van der Waals surface area contributed by atoms with E-state index in [4.69, 9.17) is 5.73 Å². The Balaban J connectivity index is 2.25. The van der Waals surface area contributed by atoms with Crippen LogP contribution in [0, 0.1) is 21.3 Å². The van der Waals surface area contributed by atoms with Gasteiger partial charge >= 0.3 is 0 Å². The molecule has 0 bridgehead atoms. The minimum atomic E-state index is -0.559. The minimum absolute atomic E-state index is 0.00165. The molecule has 5 heteroatoms. The molecule has 0 atom stereocenters. The van der Waals surface area contributed by atoms with E-state index in [-0.39, 0.29) is 11.1 Å². The van der Waals surface area contributed by atoms with Crippen molar-refractivity contribution >= 4 is 5.69 Å². The molecule has 4 nitrogen and oxygen atoms in total. The third kappa shape index (κ3) is 2.67. The summed E-state index contributed by atoms with van der Waals surface area (Å²) in [6.45, 7) is 0.553. The Bertz CT molecular complexity index is 456. The van der Waals surface area contributed by atoms with Crippen LogP contribution in [0.15, 0.2) is 18.2 Å². The highest BCUT2D eigenvalue weighted by Crippen LogP contribution is 2.40. The molecular formula is C13H17FN2O2. The zero-order chi connectivity index (χ0) is 13.2.